The Morgan fingerprint density at radius 2 is 2.00 bits per heavy atom. The molecule has 148 valence electrons. The molecule has 27 heavy (non-hydrogen) atoms. The van der Waals surface area contributed by atoms with E-state index in [1.54, 1.807) is 0 Å². The summed E-state index contributed by atoms with van der Waals surface area (Å²) >= 11 is 1.30. The number of rotatable bonds is 6. The SMILES string of the molecule is CC(C)CCC(C)C1=C(c2cc(C#CC(C)(C)C)sc2C(=O)O)CNCC1. The molecule has 0 fully saturated rings. The molecular weight excluding hydrogens is 354 g/mol. The topological polar surface area (TPSA) is 49.3 Å². The zero-order chi connectivity index (χ0) is 20.2. The molecule has 0 radical (unpaired) electrons. The van der Waals surface area contributed by atoms with Crippen LogP contribution in [0.3, 0.4) is 0 Å². The van der Waals surface area contributed by atoms with E-state index >= 15 is 0 Å². The van der Waals surface area contributed by atoms with Crippen molar-refractivity contribution in [3.63, 3.8) is 0 Å². The third-order valence-corrected chi connectivity index (χ3v) is 5.88. The highest BCUT2D eigenvalue weighted by Gasteiger charge is 2.25. The molecule has 1 aliphatic rings. The van der Waals surface area contributed by atoms with Crippen LogP contribution in [0.4, 0.5) is 0 Å². The first kappa shape index (κ1) is 21.7. The van der Waals surface area contributed by atoms with Gasteiger partial charge in [-0.2, -0.15) is 0 Å². The molecule has 2 N–H and O–H groups in total. The van der Waals surface area contributed by atoms with Crippen LogP contribution in [0.2, 0.25) is 0 Å². The van der Waals surface area contributed by atoms with E-state index in [1.807, 2.05) is 6.07 Å². The smallest absolute Gasteiger partial charge is 0.346 e. The summed E-state index contributed by atoms with van der Waals surface area (Å²) in [5, 5.41) is 13.2. The molecule has 0 aromatic carbocycles. The Kier molecular flexibility index (Phi) is 7.31. The van der Waals surface area contributed by atoms with Crippen LogP contribution in [0.5, 0.6) is 0 Å². The minimum Gasteiger partial charge on any atom is -0.477 e. The number of carboxylic acid groups (broad SMARTS) is 1. The first-order chi connectivity index (χ1) is 12.6. The lowest BCUT2D eigenvalue weighted by Crippen LogP contribution is -2.27. The lowest BCUT2D eigenvalue weighted by Gasteiger charge is -2.26. The van der Waals surface area contributed by atoms with Crippen molar-refractivity contribution in [2.45, 2.75) is 60.8 Å². The van der Waals surface area contributed by atoms with Crippen LogP contribution in [0, 0.1) is 29.1 Å². The Hall–Kier alpha value is -1.57. The molecule has 0 saturated heterocycles. The maximum absolute atomic E-state index is 11.9. The second-order valence-electron chi connectivity index (χ2n) is 8.96. The summed E-state index contributed by atoms with van der Waals surface area (Å²) < 4.78 is 0. The number of carbonyl (C=O) groups is 1. The maximum Gasteiger partial charge on any atom is 0.346 e. The highest BCUT2D eigenvalue weighted by molar-refractivity contribution is 7.14. The molecule has 1 aromatic heterocycles. The average molecular weight is 388 g/mol. The fourth-order valence-corrected chi connectivity index (χ4v) is 4.23. The number of carboxylic acids is 1. The second kappa shape index (κ2) is 9.08. The molecule has 0 bridgehead atoms. The number of hydrogen-bond acceptors (Lipinski definition) is 3. The summed E-state index contributed by atoms with van der Waals surface area (Å²) in [6.45, 7) is 14.7. The Bertz CT molecular complexity index is 769. The third-order valence-electron chi connectivity index (χ3n) is 4.84. The zero-order valence-corrected chi connectivity index (χ0v) is 18.3. The number of hydrogen-bond donors (Lipinski definition) is 2. The molecule has 4 heteroatoms. The van der Waals surface area contributed by atoms with Crippen LogP contribution in [0.25, 0.3) is 5.57 Å². The zero-order valence-electron chi connectivity index (χ0n) is 17.5. The lowest BCUT2D eigenvalue weighted by atomic mass is 9.84. The predicted molar refractivity (Wildman–Crippen MR) is 115 cm³/mol. The fourth-order valence-electron chi connectivity index (χ4n) is 3.36. The summed E-state index contributed by atoms with van der Waals surface area (Å²) in [4.78, 5) is 13.1. The van der Waals surface area contributed by atoms with Gasteiger partial charge in [-0.05, 0) is 63.6 Å². The Balaban J connectivity index is 2.46. The van der Waals surface area contributed by atoms with Gasteiger partial charge in [0.25, 0.3) is 0 Å². The monoisotopic (exact) mass is 387 g/mol. The van der Waals surface area contributed by atoms with Gasteiger partial charge in [0.2, 0.25) is 0 Å². The van der Waals surface area contributed by atoms with Crippen LogP contribution >= 0.6 is 11.3 Å². The lowest BCUT2D eigenvalue weighted by molar-refractivity contribution is 0.0702. The molecule has 0 amide bonds. The van der Waals surface area contributed by atoms with Gasteiger partial charge in [-0.15, -0.1) is 11.3 Å². The van der Waals surface area contributed by atoms with E-state index in [-0.39, 0.29) is 5.41 Å². The van der Waals surface area contributed by atoms with Gasteiger partial charge < -0.3 is 10.4 Å². The van der Waals surface area contributed by atoms with Crippen molar-refractivity contribution in [1.82, 2.24) is 5.32 Å². The van der Waals surface area contributed by atoms with E-state index in [0.717, 1.165) is 36.4 Å². The van der Waals surface area contributed by atoms with Gasteiger partial charge in [0.05, 0.1) is 4.88 Å². The minimum atomic E-state index is -0.855. The van der Waals surface area contributed by atoms with Crippen molar-refractivity contribution < 1.29 is 9.90 Å². The number of aromatic carboxylic acids is 1. The Labute approximate surface area is 168 Å². The van der Waals surface area contributed by atoms with E-state index in [4.69, 9.17) is 0 Å². The summed E-state index contributed by atoms with van der Waals surface area (Å²) in [7, 11) is 0. The van der Waals surface area contributed by atoms with Crippen molar-refractivity contribution in [2.75, 3.05) is 13.1 Å². The van der Waals surface area contributed by atoms with Crippen LogP contribution in [-0.2, 0) is 0 Å². The summed E-state index contributed by atoms with van der Waals surface area (Å²) in [5.74, 6) is 6.72. The molecule has 2 heterocycles. The molecule has 3 nitrogen and oxygen atoms in total. The molecule has 1 unspecified atom stereocenters. The largest absolute Gasteiger partial charge is 0.477 e. The first-order valence-electron chi connectivity index (χ1n) is 9.91. The molecule has 0 aliphatic carbocycles. The number of thiophene rings is 1. The molecule has 0 saturated carbocycles. The van der Waals surface area contributed by atoms with E-state index < -0.39 is 5.97 Å². The minimum absolute atomic E-state index is 0.101. The molecule has 2 rings (SSSR count). The molecule has 1 aliphatic heterocycles. The molecular formula is C23H33NO2S. The normalized spacial score (nSPS) is 16.3. The third kappa shape index (κ3) is 6.23. The first-order valence-corrected chi connectivity index (χ1v) is 10.7. The average Bonchev–Trinajstić information content (AvgIpc) is 3.02. The van der Waals surface area contributed by atoms with Crippen molar-refractivity contribution in [3.8, 4) is 11.8 Å². The van der Waals surface area contributed by atoms with Crippen LogP contribution in [0.1, 0.15) is 80.9 Å². The molecule has 0 spiro atoms. The summed E-state index contributed by atoms with van der Waals surface area (Å²) in [6.07, 6.45) is 3.34. The predicted octanol–water partition coefficient (Wildman–Crippen LogP) is 5.66. The van der Waals surface area contributed by atoms with Crippen molar-refractivity contribution in [2.24, 2.45) is 17.3 Å². The van der Waals surface area contributed by atoms with Crippen LogP contribution < -0.4 is 5.32 Å². The fraction of sp³-hybridized carbons (Fsp3) is 0.609. The van der Waals surface area contributed by atoms with E-state index in [9.17, 15) is 9.90 Å². The van der Waals surface area contributed by atoms with Crippen molar-refractivity contribution >= 4 is 22.9 Å². The quantitative estimate of drug-likeness (QED) is 0.619. The van der Waals surface area contributed by atoms with Crippen molar-refractivity contribution in [3.05, 3.63) is 27.0 Å². The van der Waals surface area contributed by atoms with Gasteiger partial charge in [-0.3, -0.25) is 0 Å². The number of nitrogens with one attached hydrogen (secondary N) is 1. The standard InChI is InChI=1S/C23H33NO2S/c1-15(2)7-8-16(3)18-10-12-24-14-20(18)19-13-17(9-11-23(4,5)6)27-21(19)22(25)26/h13,15-16,24H,7-8,10,12,14H2,1-6H3,(H,25,26). The summed E-state index contributed by atoms with van der Waals surface area (Å²) in [6, 6.07) is 1.99. The molecule has 1 aromatic rings. The summed E-state index contributed by atoms with van der Waals surface area (Å²) in [5.41, 5.74) is 3.36. The van der Waals surface area contributed by atoms with Gasteiger partial charge in [0, 0.05) is 17.5 Å². The Morgan fingerprint density at radius 1 is 1.30 bits per heavy atom. The van der Waals surface area contributed by atoms with E-state index in [1.165, 1.54) is 28.9 Å². The van der Waals surface area contributed by atoms with Gasteiger partial charge >= 0.3 is 5.97 Å². The van der Waals surface area contributed by atoms with Gasteiger partial charge in [-0.1, -0.05) is 44.6 Å². The van der Waals surface area contributed by atoms with Crippen LogP contribution in [-0.4, -0.2) is 24.2 Å². The van der Waals surface area contributed by atoms with Gasteiger partial charge in [0.15, 0.2) is 0 Å². The second-order valence-corrected chi connectivity index (χ2v) is 10.0. The van der Waals surface area contributed by atoms with Crippen molar-refractivity contribution in [1.29, 1.82) is 0 Å². The maximum atomic E-state index is 11.9. The van der Waals surface area contributed by atoms with E-state index in [2.05, 4.69) is 58.7 Å². The van der Waals surface area contributed by atoms with Gasteiger partial charge in [0.1, 0.15) is 4.88 Å². The van der Waals surface area contributed by atoms with Gasteiger partial charge in [-0.25, -0.2) is 4.79 Å². The highest BCUT2D eigenvalue weighted by Crippen LogP contribution is 2.36. The highest BCUT2D eigenvalue weighted by atomic mass is 32.1. The Morgan fingerprint density at radius 3 is 2.59 bits per heavy atom. The molecule has 1 atom stereocenters. The van der Waals surface area contributed by atoms with Crippen LogP contribution in [0.15, 0.2) is 11.6 Å². The van der Waals surface area contributed by atoms with E-state index in [0.29, 0.717) is 16.7 Å².